The first-order valence-electron chi connectivity index (χ1n) is 6.46. The highest BCUT2D eigenvalue weighted by Crippen LogP contribution is 2.42. The Morgan fingerprint density at radius 3 is 2.12 bits per heavy atom. The van der Waals surface area contributed by atoms with Crippen molar-refractivity contribution in [3.8, 4) is 0 Å². The Bertz CT molecular complexity index is 253. The molecule has 0 bridgehead atoms. The number of hydrogen-bond donors (Lipinski definition) is 2. The molecule has 4 heteroatoms. The molecular weight excluding hydrogens is 218 g/mol. The lowest BCUT2D eigenvalue weighted by molar-refractivity contribution is -0.0913. The Morgan fingerprint density at radius 2 is 1.76 bits per heavy atom. The Kier molecular flexibility index (Phi) is 4.58. The van der Waals surface area contributed by atoms with E-state index in [4.69, 9.17) is 9.84 Å². The van der Waals surface area contributed by atoms with E-state index in [0.717, 1.165) is 13.1 Å². The minimum absolute atomic E-state index is 0.0731. The van der Waals surface area contributed by atoms with Crippen LogP contribution in [0.1, 0.15) is 34.6 Å². The maximum absolute atomic E-state index is 10.4. The topological polar surface area (TPSA) is 52.9 Å². The van der Waals surface area contributed by atoms with Crippen molar-refractivity contribution in [2.24, 2.45) is 5.92 Å². The molecule has 2 atom stereocenters. The van der Waals surface area contributed by atoms with Crippen molar-refractivity contribution in [1.82, 2.24) is 4.90 Å². The first-order valence-corrected chi connectivity index (χ1v) is 6.46. The zero-order chi connectivity index (χ0) is 13.3. The fraction of sp³-hybridized carbons (Fsp3) is 1.00. The predicted molar refractivity (Wildman–Crippen MR) is 67.9 cm³/mol. The lowest BCUT2D eigenvalue weighted by Crippen LogP contribution is -2.44. The van der Waals surface area contributed by atoms with Crippen molar-refractivity contribution in [2.45, 2.75) is 51.9 Å². The highest BCUT2D eigenvalue weighted by molar-refractivity contribution is 5.02. The Morgan fingerprint density at radius 1 is 1.18 bits per heavy atom. The minimum atomic E-state index is -0.493. The van der Waals surface area contributed by atoms with Crippen molar-refractivity contribution < 1.29 is 14.9 Å². The van der Waals surface area contributed by atoms with Crippen LogP contribution in [-0.4, -0.2) is 58.7 Å². The molecule has 4 nitrogen and oxygen atoms in total. The molecule has 1 aliphatic rings. The monoisotopic (exact) mass is 245 g/mol. The van der Waals surface area contributed by atoms with E-state index in [9.17, 15) is 5.11 Å². The van der Waals surface area contributed by atoms with Gasteiger partial charge in [-0.1, -0.05) is 6.92 Å². The van der Waals surface area contributed by atoms with E-state index in [0.29, 0.717) is 6.54 Å². The summed E-state index contributed by atoms with van der Waals surface area (Å²) in [6.07, 6.45) is -0.467. The van der Waals surface area contributed by atoms with Crippen LogP contribution in [-0.2, 0) is 4.74 Å². The SMILES string of the molecule is CCN(CCO)CC1C(O)C(C)(C)OC1(C)C. The molecule has 2 N–H and O–H groups in total. The van der Waals surface area contributed by atoms with E-state index >= 15 is 0 Å². The van der Waals surface area contributed by atoms with Gasteiger partial charge in [0.05, 0.1) is 23.9 Å². The summed E-state index contributed by atoms with van der Waals surface area (Å²) in [5.41, 5.74) is -0.821. The summed E-state index contributed by atoms with van der Waals surface area (Å²) < 4.78 is 5.95. The van der Waals surface area contributed by atoms with Gasteiger partial charge in [-0.15, -0.1) is 0 Å². The number of nitrogens with zero attached hydrogens (tertiary/aromatic N) is 1. The van der Waals surface area contributed by atoms with Crippen LogP contribution in [0.25, 0.3) is 0 Å². The molecule has 0 spiro atoms. The highest BCUT2D eigenvalue weighted by atomic mass is 16.5. The van der Waals surface area contributed by atoms with Crippen LogP contribution in [0.2, 0.25) is 0 Å². The van der Waals surface area contributed by atoms with E-state index < -0.39 is 11.7 Å². The van der Waals surface area contributed by atoms with Crippen LogP contribution in [0.3, 0.4) is 0 Å². The van der Waals surface area contributed by atoms with E-state index in [1.807, 2.05) is 27.7 Å². The molecule has 17 heavy (non-hydrogen) atoms. The van der Waals surface area contributed by atoms with Gasteiger partial charge in [-0.05, 0) is 34.2 Å². The highest BCUT2D eigenvalue weighted by Gasteiger charge is 2.53. The molecule has 0 radical (unpaired) electrons. The molecular formula is C13H27NO3. The van der Waals surface area contributed by atoms with Crippen LogP contribution in [0.15, 0.2) is 0 Å². The Labute approximate surface area is 105 Å². The average molecular weight is 245 g/mol. The van der Waals surface area contributed by atoms with Gasteiger partial charge in [0.2, 0.25) is 0 Å². The molecule has 102 valence electrons. The first-order chi connectivity index (χ1) is 7.74. The average Bonchev–Trinajstić information content (AvgIpc) is 2.35. The van der Waals surface area contributed by atoms with Gasteiger partial charge in [0.1, 0.15) is 0 Å². The maximum atomic E-state index is 10.4. The van der Waals surface area contributed by atoms with E-state index in [1.165, 1.54) is 0 Å². The normalized spacial score (nSPS) is 31.1. The molecule has 0 saturated carbocycles. The summed E-state index contributed by atoms with van der Waals surface area (Å²) in [5, 5.41) is 19.4. The van der Waals surface area contributed by atoms with Gasteiger partial charge in [0, 0.05) is 19.0 Å². The molecule has 0 aromatic rings. The molecule has 1 aliphatic heterocycles. The molecule has 0 aromatic carbocycles. The number of ether oxygens (including phenoxy) is 1. The quantitative estimate of drug-likeness (QED) is 0.754. The third kappa shape index (κ3) is 3.19. The second kappa shape index (κ2) is 5.22. The largest absolute Gasteiger partial charge is 0.395 e. The van der Waals surface area contributed by atoms with Crippen molar-refractivity contribution in [1.29, 1.82) is 0 Å². The molecule has 0 amide bonds. The smallest absolute Gasteiger partial charge is 0.0896 e. The Balaban J connectivity index is 2.75. The summed E-state index contributed by atoms with van der Waals surface area (Å²) in [5.74, 6) is 0.0731. The van der Waals surface area contributed by atoms with E-state index in [1.54, 1.807) is 0 Å². The van der Waals surface area contributed by atoms with Gasteiger partial charge >= 0.3 is 0 Å². The van der Waals surface area contributed by atoms with Gasteiger partial charge < -0.3 is 19.8 Å². The molecule has 0 aliphatic carbocycles. The number of likely N-dealkylation sites (N-methyl/N-ethyl adjacent to an activating group) is 1. The molecule has 1 saturated heterocycles. The van der Waals surface area contributed by atoms with Crippen LogP contribution in [0, 0.1) is 5.92 Å². The summed E-state index contributed by atoms with van der Waals surface area (Å²) in [6, 6.07) is 0. The summed E-state index contributed by atoms with van der Waals surface area (Å²) >= 11 is 0. The molecule has 2 unspecified atom stereocenters. The molecule has 1 heterocycles. The fourth-order valence-corrected chi connectivity index (χ4v) is 2.80. The number of hydrogen-bond acceptors (Lipinski definition) is 4. The van der Waals surface area contributed by atoms with Gasteiger partial charge in [0.15, 0.2) is 0 Å². The molecule has 0 aromatic heterocycles. The van der Waals surface area contributed by atoms with Crippen molar-refractivity contribution in [3.05, 3.63) is 0 Å². The van der Waals surface area contributed by atoms with Gasteiger partial charge in [-0.3, -0.25) is 0 Å². The third-order valence-electron chi connectivity index (χ3n) is 3.83. The minimum Gasteiger partial charge on any atom is -0.395 e. The summed E-state index contributed by atoms with van der Waals surface area (Å²) in [4.78, 5) is 2.15. The fourth-order valence-electron chi connectivity index (χ4n) is 2.80. The Hall–Kier alpha value is -0.160. The second-order valence-corrected chi connectivity index (χ2v) is 5.98. The summed E-state index contributed by atoms with van der Waals surface area (Å²) in [6.45, 7) is 12.4. The van der Waals surface area contributed by atoms with Gasteiger partial charge in [-0.25, -0.2) is 0 Å². The summed E-state index contributed by atoms with van der Waals surface area (Å²) in [7, 11) is 0. The van der Waals surface area contributed by atoms with Crippen LogP contribution in [0.4, 0.5) is 0 Å². The second-order valence-electron chi connectivity index (χ2n) is 5.98. The van der Waals surface area contributed by atoms with E-state index in [2.05, 4.69) is 11.8 Å². The predicted octanol–water partition coefficient (Wildman–Crippen LogP) is 0.865. The lowest BCUT2D eigenvalue weighted by atomic mass is 9.84. The molecule has 1 rings (SSSR count). The lowest BCUT2D eigenvalue weighted by Gasteiger charge is -2.31. The van der Waals surface area contributed by atoms with E-state index in [-0.39, 0.29) is 18.1 Å². The van der Waals surface area contributed by atoms with Crippen LogP contribution in [0.5, 0.6) is 0 Å². The van der Waals surface area contributed by atoms with Gasteiger partial charge in [0.25, 0.3) is 0 Å². The number of rotatable bonds is 5. The van der Waals surface area contributed by atoms with Crippen LogP contribution >= 0.6 is 0 Å². The van der Waals surface area contributed by atoms with Crippen molar-refractivity contribution in [2.75, 3.05) is 26.2 Å². The van der Waals surface area contributed by atoms with Crippen molar-refractivity contribution >= 4 is 0 Å². The zero-order valence-electron chi connectivity index (χ0n) is 11.7. The number of aliphatic hydroxyl groups excluding tert-OH is 2. The first kappa shape index (κ1) is 14.9. The number of aliphatic hydroxyl groups is 2. The third-order valence-corrected chi connectivity index (χ3v) is 3.83. The standard InChI is InChI=1S/C13H27NO3/c1-6-14(7-8-15)9-10-11(16)13(4,5)17-12(10,2)3/h10-11,15-16H,6-9H2,1-5H3. The van der Waals surface area contributed by atoms with Crippen LogP contribution < -0.4 is 0 Å². The zero-order valence-corrected chi connectivity index (χ0v) is 11.7. The maximum Gasteiger partial charge on any atom is 0.0896 e. The van der Waals surface area contributed by atoms with Gasteiger partial charge in [-0.2, -0.15) is 0 Å². The van der Waals surface area contributed by atoms with Crippen molar-refractivity contribution in [3.63, 3.8) is 0 Å². The molecule has 1 fully saturated rings.